The Morgan fingerprint density at radius 3 is 2.00 bits per heavy atom. The van der Waals surface area contributed by atoms with Crippen molar-refractivity contribution in [2.45, 2.75) is 51.4 Å². The van der Waals surface area contributed by atoms with Gasteiger partial charge in [0.2, 0.25) is 0 Å². The van der Waals surface area contributed by atoms with Gasteiger partial charge in [0.15, 0.2) is 0 Å². The maximum atomic E-state index is 12.4. The Bertz CT molecular complexity index is 721. The van der Waals surface area contributed by atoms with E-state index in [-0.39, 0.29) is 11.1 Å². The molecule has 0 aliphatic heterocycles. The first-order valence-electron chi connectivity index (χ1n) is 10.6. The van der Waals surface area contributed by atoms with Crippen LogP contribution in [-0.4, -0.2) is 73.7 Å². The number of likely N-dealkylation sites (N-methyl/N-ethyl adjacent to an activating group) is 1. The molecule has 10 nitrogen and oxygen atoms in total. The first-order valence-corrected chi connectivity index (χ1v) is 12.1. The smallest absolute Gasteiger partial charge is 0.472 e. The van der Waals surface area contributed by atoms with Crippen LogP contribution in [0.25, 0.3) is 0 Å². The van der Waals surface area contributed by atoms with Crippen LogP contribution in [0.15, 0.2) is 24.3 Å². The number of ether oxygens (including phenoxy) is 2. The van der Waals surface area contributed by atoms with Gasteiger partial charge >= 0.3 is 13.8 Å². The number of phosphoric acid groups is 1. The van der Waals surface area contributed by atoms with E-state index in [2.05, 4.69) is 6.92 Å². The summed E-state index contributed by atoms with van der Waals surface area (Å²) in [7, 11) is 0.0625. The second kappa shape index (κ2) is 13.8. The molecular formula is C21H36NO9P. The molecule has 0 amide bonds. The van der Waals surface area contributed by atoms with E-state index < -0.39 is 32.5 Å². The average Bonchev–Trinajstić information content (AvgIpc) is 2.69. The Hall–Kier alpha value is -1.68. The fourth-order valence-corrected chi connectivity index (χ4v) is 3.54. The summed E-state index contributed by atoms with van der Waals surface area (Å²) in [4.78, 5) is 20.9. The number of carboxylic acid groups (broad SMARTS) is 1. The monoisotopic (exact) mass is 477 g/mol. The molecule has 1 aromatic carbocycles. The van der Waals surface area contributed by atoms with Crippen molar-refractivity contribution in [2.75, 3.05) is 41.0 Å². The van der Waals surface area contributed by atoms with E-state index in [1.165, 1.54) is 0 Å². The number of unbranched alkanes of at least 4 members (excludes halogenated alkanes) is 2. The molecule has 0 aromatic heterocycles. The highest BCUT2D eigenvalue weighted by Crippen LogP contribution is 2.45. The van der Waals surface area contributed by atoms with Crippen LogP contribution in [0.1, 0.15) is 39.0 Å². The zero-order valence-corrected chi connectivity index (χ0v) is 20.2. The number of phosphoric ester groups is 1. The van der Waals surface area contributed by atoms with Crippen molar-refractivity contribution in [3.63, 3.8) is 0 Å². The van der Waals surface area contributed by atoms with E-state index in [4.69, 9.17) is 23.6 Å². The molecule has 2 N–H and O–H groups in total. The van der Waals surface area contributed by atoms with Crippen LogP contribution in [0.2, 0.25) is 0 Å². The Balaban J connectivity index is 2.35. The van der Waals surface area contributed by atoms with Crippen molar-refractivity contribution in [2.24, 2.45) is 0 Å². The highest BCUT2D eigenvalue weighted by atomic mass is 31.2. The molecule has 0 bridgehead atoms. The number of nitrogens with zero attached hydrogens (tertiary/aromatic N) is 1. The lowest BCUT2D eigenvalue weighted by Crippen LogP contribution is -2.60. The zero-order chi connectivity index (χ0) is 24.2. The van der Waals surface area contributed by atoms with Gasteiger partial charge < -0.3 is 29.1 Å². The number of benzene rings is 1. The molecule has 3 atom stereocenters. The second-order valence-corrected chi connectivity index (χ2v) is 9.69. The summed E-state index contributed by atoms with van der Waals surface area (Å²) in [6, 6.07) is 7.29. The molecule has 1 rings (SSSR count). The van der Waals surface area contributed by atoms with Crippen LogP contribution in [0.4, 0.5) is 0 Å². The number of carbonyl (C=O) groups is 1. The van der Waals surface area contributed by atoms with Gasteiger partial charge in [0.05, 0.1) is 47.4 Å². The topological polar surface area (TPSA) is 135 Å². The van der Waals surface area contributed by atoms with Crippen molar-refractivity contribution in [1.29, 1.82) is 0 Å². The van der Waals surface area contributed by atoms with E-state index in [9.17, 15) is 19.4 Å². The third-order valence-corrected chi connectivity index (χ3v) is 5.42. The zero-order valence-electron chi connectivity index (χ0n) is 19.3. The molecule has 0 saturated carbocycles. The molecule has 11 heteroatoms. The van der Waals surface area contributed by atoms with Crippen LogP contribution in [0.5, 0.6) is 11.5 Å². The van der Waals surface area contributed by atoms with Gasteiger partial charge in [-0.2, -0.15) is 0 Å². The minimum atomic E-state index is -4.58. The number of carboxylic acids is 1. The predicted molar refractivity (Wildman–Crippen MR) is 116 cm³/mol. The van der Waals surface area contributed by atoms with Crippen molar-refractivity contribution in [3.8, 4) is 11.5 Å². The van der Waals surface area contributed by atoms with Crippen LogP contribution in [0.3, 0.4) is 0 Å². The standard InChI is InChI=1S/C21H36NO9P/c1-5-6-13-28-17-9-11-18(12-10-17)29-14-7-8-15-30-32(26,27)31-19(16-20(23)24)21(25)22(2,3)4/h9-12,19,21H,5-8,13-16H2,1-4H3,(H,23,24)(H,26,27)/t19-,21?/m1/s1. The maximum absolute atomic E-state index is 12.4. The second-order valence-electron chi connectivity index (χ2n) is 8.28. The van der Waals surface area contributed by atoms with Gasteiger partial charge in [0.1, 0.15) is 17.6 Å². The number of aliphatic carboxylic acids is 1. The van der Waals surface area contributed by atoms with E-state index in [1.807, 2.05) is 24.3 Å². The van der Waals surface area contributed by atoms with Gasteiger partial charge in [0, 0.05) is 6.23 Å². The normalized spacial score (nSPS) is 15.6. The SMILES string of the molecule is CCCCOc1ccc(OCCCCOP(=O)(O)O[C@H](CC(=O)O)C([O-])[N+](C)(C)C)cc1. The number of hydrogen-bond donors (Lipinski definition) is 2. The van der Waals surface area contributed by atoms with Gasteiger partial charge in [-0.05, 0) is 43.5 Å². The molecule has 0 saturated heterocycles. The van der Waals surface area contributed by atoms with Crippen molar-refractivity contribution in [1.82, 2.24) is 0 Å². The summed E-state index contributed by atoms with van der Waals surface area (Å²) in [6.07, 6.45) is -0.760. The van der Waals surface area contributed by atoms with Gasteiger partial charge in [-0.15, -0.1) is 0 Å². The minimum Gasteiger partial charge on any atom is -0.804 e. The van der Waals surface area contributed by atoms with Crippen molar-refractivity contribution in [3.05, 3.63) is 24.3 Å². The Labute approximate surface area is 189 Å². The van der Waals surface area contributed by atoms with Crippen LogP contribution in [0, 0.1) is 0 Å². The molecule has 0 aliphatic carbocycles. The summed E-state index contributed by atoms with van der Waals surface area (Å²) >= 11 is 0. The number of hydrogen-bond acceptors (Lipinski definition) is 7. The molecule has 184 valence electrons. The fourth-order valence-electron chi connectivity index (χ4n) is 2.60. The fraction of sp³-hybridized carbons (Fsp3) is 0.667. The lowest BCUT2D eigenvalue weighted by Gasteiger charge is -2.42. The van der Waals surface area contributed by atoms with E-state index in [1.54, 1.807) is 21.1 Å². The van der Waals surface area contributed by atoms with E-state index >= 15 is 0 Å². The van der Waals surface area contributed by atoms with Gasteiger partial charge in [-0.3, -0.25) is 13.8 Å². The van der Waals surface area contributed by atoms with Crippen molar-refractivity contribution < 1.29 is 47.5 Å². The lowest BCUT2D eigenvalue weighted by atomic mass is 10.2. The van der Waals surface area contributed by atoms with Crippen LogP contribution in [-0.2, 0) is 18.4 Å². The van der Waals surface area contributed by atoms with Gasteiger partial charge in [0.25, 0.3) is 0 Å². The molecule has 0 fully saturated rings. The minimum absolute atomic E-state index is 0.102. The highest BCUT2D eigenvalue weighted by molar-refractivity contribution is 7.47. The molecule has 32 heavy (non-hydrogen) atoms. The molecule has 0 radical (unpaired) electrons. The molecule has 2 unspecified atom stereocenters. The summed E-state index contributed by atoms with van der Waals surface area (Å²) in [5.74, 6) is 0.162. The summed E-state index contributed by atoms with van der Waals surface area (Å²) in [6.45, 7) is 3.05. The third-order valence-electron chi connectivity index (χ3n) is 4.38. The van der Waals surface area contributed by atoms with Crippen molar-refractivity contribution >= 4 is 13.8 Å². The quantitative estimate of drug-likeness (QED) is 0.150. The first-order chi connectivity index (χ1) is 14.9. The first kappa shape index (κ1) is 28.4. The van der Waals surface area contributed by atoms with Crippen LogP contribution >= 0.6 is 7.82 Å². The maximum Gasteiger partial charge on any atom is 0.472 e. The Morgan fingerprint density at radius 2 is 1.53 bits per heavy atom. The molecule has 0 aliphatic rings. The number of rotatable bonds is 17. The Kier molecular flexibility index (Phi) is 12.2. The Morgan fingerprint density at radius 1 is 1.03 bits per heavy atom. The molecule has 0 spiro atoms. The van der Waals surface area contributed by atoms with Gasteiger partial charge in [-0.25, -0.2) is 4.57 Å². The van der Waals surface area contributed by atoms with Crippen LogP contribution < -0.4 is 14.6 Å². The summed E-state index contributed by atoms with van der Waals surface area (Å²) < 4.78 is 33.0. The van der Waals surface area contributed by atoms with E-state index in [0.29, 0.717) is 31.8 Å². The average molecular weight is 477 g/mol. The molecular weight excluding hydrogens is 441 g/mol. The third kappa shape index (κ3) is 11.8. The summed E-state index contributed by atoms with van der Waals surface area (Å²) in [5.41, 5.74) is 0. The molecule has 0 heterocycles. The summed E-state index contributed by atoms with van der Waals surface area (Å²) in [5, 5.41) is 21.3. The predicted octanol–water partition coefficient (Wildman–Crippen LogP) is 2.39. The molecule has 1 aromatic rings. The highest BCUT2D eigenvalue weighted by Gasteiger charge is 2.34. The van der Waals surface area contributed by atoms with Gasteiger partial charge in [-0.1, -0.05) is 13.3 Å². The number of quaternary nitrogens is 1. The largest absolute Gasteiger partial charge is 0.804 e. The lowest BCUT2D eigenvalue weighted by molar-refractivity contribution is -0.973. The van der Waals surface area contributed by atoms with E-state index in [0.717, 1.165) is 18.6 Å².